The van der Waals surface area contributed by atoms with Gasteiger partial charge in [0.25, 0.3) is 5.91 Å². The Labute approximate surface area is 175 Å². The maximum atomic E-state index is 12.0. The van der Waals surface area contributed by atoms with Crippen LogP contribution >= 0.6 is 11.6 Å². The molecular weight excluding hydrogens is 394 g/mol. The summed E-state index contributed by atoms with van der Waals surface area (Å²) in [6, 6.07) is 9.03. The number of nitrogens with one attached hydrogen (secondary N) is 1. The summed E-state index contributed by atoms with van der Waals surface area (Å²) < 4.78 is 15.7. The van der Waals surface area contributed by atoms with E-state index in [1.807, 2.05) is 39.0 Å². The Bertz CT molecular complexity index is 903. The van der Waals surface area contributed by atoms with Gasteiger partial charge < -0.3 is 19.5 Å². The third-order valence-electron chi connectivity index (χ3n) is 3.80. The van der Waals surface area contributed by atoms with Gasteiger partial charge in [0.05, 0.1) is 18.7 Å². The Morgan fingerprint density at radius 1 is 1.10 bits per heavy atom. The van der Waals surface area contributed by atoms with Gasteiger partial charge in [0.1, 0.15) is 0 Å². The van der Waals surface area contributed by atoms with Crippen molar-refractivity contribution < 1.29 is 23.8 Å². The number of hydrogen-bond acceptors (Lipinski definition) is 5. The highest BCUT2D eigenvalue weighted by atomic mass is 35.5. The van der Waals surface area contributed by atoms with Crippen LogP contribution in [0.2, 0.25) is 5.02 Å². The first-order valence-electron chi connectivity index (χ1n) is 9.05. The molecule has 0 aromatic heterocycles. The van der Waals surface area contributed by atoms with E-state index in [-0.39, 0.29) is 6.61 Å². The van der Waals surface area contributed by atoms with Gasteiger partial charge in [-0.1, -0.05) is 17.7 Å². The number of carbonyl (C=O) groups is 2. The van der Waals surface area contributed by atoms with Crippen molar-refractivity contribution in [3.05, 3.63) is 58.1 Å². The zero-order valence-corrected chi connectivity index (χ0v) is 17.6. The van der Waals surface area contributed by atoms with Crippen LogP contribution < -0.4 is 14.8 Å². The van der Waals surface area contributed by atoms with E-state index in [9.17, 15) is 9.59 Å². The molecule has 0 aliphatic carbocycles. The fourth-order valence-corrected chi connectivity index (χ4v) is 3.03. The van der Waals surface area contributed by atoms with Crippen molar-refractivity contribution in [3.8, 4) is 11.5 Å². The summed E-state index contributed by atoms with van der Waals surface area (Å²) in [5.41, 5.74) is 3.36. The van der Waals surface area contributed by atoms with E-state index in [0.717, 1.165) is 11.1 Å². The quantitative estimate of drug-likeness (QED) is 0.503. The van der Waals surface area contributed by atoms with E-state index in [4.69, 9.17) is 25.8 Å². The standard InChI is InChI=1S/C22H24ClNO5/c1-5-28-19-12-16(11-18(23)22(19)27-4)6-7-21(26)29-13-20(25)24-17-9-14(2)8-15(3)10-17/h6-12H,5,13H2,1-4H3,(H,24,25)/b7-6+. The van der Waals surface area contributed by atoms with Crippen molar-refractivity contribution >= 4 is 35.2 Å². The zero-order chi connectivity index (χ0) is 21.4. The minimum absolute atomic E-state index is 0.360. The molecule has 0 unspecified atom stereocenters. The lowest BCUT2D eigenvalue weighted by Crippen LogP contribution is -2.20. The molecular formula is C22H24ClNO5. The van der Waals surface area contributed by atoms with Gasteiger partial charge in [0.2, 0.25) is 0 Å². The average Bonchev–Trinajstić information content (AvgIpc) is 2.64. The summed E-state index contributed by atoms with van der Waals surface area (Å²) in [5.74, 6) is -0.159. The monoisotopic (exact) mass is 417 g/mol. The van der Waals surface area contributed by atoms with Crippen molar-refractivity contribution in [2.24, 2.45) is 0 Å². The molecule has 0 atom stereocenters. The number of halogens is 1. The fourth-order valence-electron chi connectivity index (χ4n) is 2.74. The average molecular weight is 418 g/mol. The van der Waals surface area contributed by atoms with Gasteiger partial charge in [-0.25, -0.2) is 4.79 Å². The maximum absolute atomic E-state index is 12.0. The molecule has 0 saturated carbocycles. The van der Waals surface area contributed by atoms with Crippen molar-refractivity contribution in [2.75, 3.05) is 25.6 Å². The predicted molar refractivity (Wildman–Crippen MR) is 114 cm³/mol. The number of rotatable bonds is 8. The molecule has 0 fully saturated rings. The van der Waals surface area contributed by atoms with E-state index < -0.39 is 11.9 Å². The topological polar surface area (TPSA) is 73.9 Å². The van der Waals surface area contributed by atoms with Gasteiger partial charge in [-0.2, -0.15) is 0 Å². The van der Waals surface area contributed by atoms with Crippen molar-refractivity contribution in [2.45, 2.75) is 20.8 Å². The van der Waals surface area contributed by atoms with E-state index in [2.05, 4.69) is 5.32 Å². The minimum atomic E-state index is -0.648. The molecule has 0 aliphatic heterocycles. The lowest BCUT2D eigenvalue weighted by Gasteiger charge is -2.11. The number of ether oxygens (including phenoxy) is 3. The molecule has 154 valence electrons. The van der Waals surface area contributed by atoms with Gasteiger partial charge in [-0.3, -0.25) is 4.79 Å². The highest BCUT2D eigenvalue weighted by molar-refractivity contribution is 6.32. The Hall–Kier alpha value is -2.99. The number of carbonyl (C=O) groups excluding carboxylic acids is 2. The molecule has 6 nitrogen and oxygen atoms in total. The molecule has 0 saturated heterocycles. The molecule has 0 heterocycles. The SMILES string of the molecule is CCOc1cc(/C=C/C(=O)OCC(=O)Nc2cc(C)cc(C)c2)cc(Cl)c1OC. The van der Waals surface area contributed by atoms with Crippen LogP contribution in [-0.2, 0) is 14.3 Å². The lowest BCUT2D eigenvalue weighted by atomic mass is 10.1. The van der Waals surface area contributed by atoms with Crippen molar-refractivity contribution in [1.82, 2.24) is 0 Å². The Morgan fingerprint density at radius 2 is 1.79 bits per heavy atom. The molecule has 0 aliphatic rings. The van der Waals surface area contributed by atoms with Gasteiger partial charge >= 0.3 is 5.97 Å². The van der Waals surface area contributed by atoms with Crippen molar-refractivity contribution in [3.63, 3.8) is 0 Å². The molecule has 2 aromatic carbocycles. The second-order valence-corrected chi connectivity index (χ2v) is 6.74. The van der Waals surface area contributed by atoms with Crippen LogP contribution in [0.1, 0.15) is 23.6 Å². The smallest absolute Gasteiger partial charge is 0.331 e. The first-order valence-corrected chi connectivity index (χ1v) is 9.43. The molecule has 7 heteroatoms. The third-order valence-corrected chi connectivity index (χ3v) is 4.08. The summed E-state index contributed by atoms with van der Waals surface area (Å²) in [6.07, 6.45) is 2.75. The first kappa shape index (κ1) is 22.3. The molecule has 2 aromatic rings. The summed E-state index contributed by atoms with van der Waals surface area (Å²) in [4.78, 5) is 23.9. The molecule has 29 heavy (non-hydrogen) atoms. The second kappa shape index (κ2) is 10.5. The highest BCUT2D eigenvalue weighted by Gasteiger charge is 2.11. The van der Waals surface area contributed by atoms with Crippen LogP contribution in [0.4, 0.5) is 5.69 Å². The Balaban J connectivity index is 1.94. The number of methoxy groups -OCH3 is 1. The Morgan fingerprint density at radius 3 is 2.41 bits per heavy atom. The van der Waals surface area contributed by atoms with Gasteiger partial charge in [-0.15, -0.1) is 0 Å². The minimum Gasteiger partial charge on any atom is -0.491 e. The van der Waals surface area contributed by atoms with E-state index in [1.54, 1.807) is 12.1 Å². The fraction of sp³-hybridized carbons (Fsp3) is 0.273. The predicted octanol–water partition coefficient (Wildman–Crippen LogP) is 4.56. The molecule has 1 N–H and O–H groups in total. The van der Waals surface area contributed by atoms with Crippen LogP contribution in [0, 0.1) is 13.8 Å². The number of amides is 1. The van der Waals surface area contributed by atoms with Crippen LogP contribution in [0.15, 0.2) is 36.4 Å². The summed E-state index contributed by atoms with van der Waals surface area (Å²) in [7, 11) is 1.50. The second-order valence-electron chi connectivity index (χ2n) is 6.33. The van der Waals surface area contributed by atoms with Crippen LogP contribution in [0.5, 0.6) is 11.5 Å². The molecule has 0 bridgehead atoms. The first-order chi connectivity index (χ1) is 13.8. The largest absolute Gasteiger partial charge is 0.491 e. The number of benzene rings is 2. The summed E-state index contributed by atoms with van der Waals surface area (Å²) in [5, 5.41) is 3.07. The number of hydrogen-bond donors (Lipinski definition) is 1. The van der Waals surface area contributed by atoms with E-state index in [0.29, 0.717) is 34.4 Å². The van der Waals surface area contributed by atoms with Gasteiger partial charge in [-0.05, 0) is 67.8 Å². The maximum Gasteiger partial charge on any atom is 0.331 e. The van der Waals surface area contributed by atoms with Gasteiger partial charge in [0, 0.05) is 11.8 Å². The molecule has 0 spiro atoms. The summed E-state index contributed by atoms with van der Waals surface area (Å²) >= 11 is 6.18. The van der Waals surface area contributed by atoms with E-state index in [1.165, 1.54) is 19.3 Å². The van der Waals surface area contributed by atoms with Crippen LogP contribution in [-0.4, -0.2) is 32.2 Å². The van der Waals surface area contributed by atoms with Crippen molar-refractivity contribution in [1.29, 1.82) is 0 Å². The Kier molecular flexibility index (Phi) is 8.09. The number of esters is 1. The lowest BCUT2D eigenvalue weighted by molar-refractivity contribution is -0.142. The van der Waals surface area contributed by atoms with Crippen LogP contribution in [0.25, 0.3) is 6.08 Å². The third kappa shape index (κ3) is 6.84. The molecule has 2 rings (SSSR count). The zero-order valence-electron chi connectivity index (χ0n) is 16.9. The van der Waals surface area contributed by atoms with Gasteiger partial charge in [0.15, 0.2) is 18.1 Å². The number of anilines is 1. The molecule has 1 amide bonds. The molecule has 0 radical (unpaired) electrons. The number of aryl methyl sites for hydroxylation is 2. The summed E-state index contributed by atoms with van der Waals surface area (Å²) in [6.45, 7) is 5.78. The normalized spacial score (nSPS) is 10.7. The van der Waals surface area contributed by atoms with Crippen LogP contribution in [0.3, 0.4) is 0 Å². The highest BCUT2D eigenvalue weighted by Crippen LogP contribution is 2.36. The van der Waals surface area contributed by atoms with E-state index >= 15 is 0 Å².